The lowest BCUT2D eigenvalue weighted by atomic mass is 9.95. The number of pyridine rings is 1. The van der Waals surface area contributed by atoms with Gasteiger partial charge in [0.25, 0.3) is 5.91 Å². The number of fused-ring (bicyclic) bond motifs is 1. The maximum Gasteiger partial charge on any atom is 0.326 e. The Labute approximate surface area is 225 Å². The van der Waals surface area contributed by atoms with Crippen LogP contribution in [-0.4, -0.2) is 54.1 Å². The number of nitrogens with zero attached hydrogens (tertiary/aromatic N) is 2. The van der Waals surface area contributed by atoms with Crippen molar-refractivity contribution in [2.45, 2.75) is 25.4 Å². The van der Waals surface area contributed by atoms with Crippen molar-refractivity contribution in [3.05, 3.63) is 106 Å². The second-order valence-corrected chi connectivity index (χ2v) is 9.69. The summed E-state index contributed by atoms with van der Waals surface area (Å²) in [6, 6.07) is 14.4. The van der Waals surface area contributed by atoms with E-state index in [-0.39, 0.29) is 12.1 Å². The van der Waals surface area contributed by atoms with Crippen molar-refractivity contribution in [2.24, 2.45) is 0 Å². The van der Waals surface area contributed by atoms with Crippen LogP contribution in [-0.2, 0) is 24.2 Å². The predicted molar refractivity (Wildman–Crippen MR) is 147 cm³/mol. The molecule has 0 bridgehead atoms. The van der Waals surface area contributed by atoms with Crippen LogP contribution in [0.4, 0.5) is 14.5 Å². The van der Waals surface area contributed by atoms with Gasteiger partial charge in [-0.2, -0.15) is 0 Å². The molecule has 39 heavy (non-hydrogen) atoms. The number of nitrogens with one attached hydrogen (secondary N) is 2. The maximum absolute atomic E-state index is 14.6. The number of carbonyl (C=O) groups excluding carboxylic acids is 1. The van der Waals surface area contributed by atoms with Gasteiger partial charge in [-0.15, -0.1) is 0 Å². The van der Waals surface area contributed by atoms with E-state index in [0.717, 1.165) is 40.6 Å². The number of anilines is 1. The molecule has 1 atom stereocenters. The highest BCUT2D eigenvalue weighted by Crippen LogP contribution is 2.25. The third-order valence-corrected chi connectivity index (χ3v) is 6.42. The number of carbonyl (C=O) groups is 2. The van der Waals surface area contributed by atoms with Crippen LogP contribution in [0, 0.1) is 11.6 Å². The van der Waals surface area contributed by atoms with E-state index in [1.807, 2.05) is 44.6 Å². The van der Waals surface area contributed by atoms with Crippen LogP contribution < -0.4 is 10.6 Å². The fraction of sp³-hybridized carbons (Fsp3) is 0.233. The van der Waals surface area contributed by atoms with Gasteiger partial charge in [0, 0.05) is 37.8 Å². The molecule has 9 heteroatoms. The van der Waals surface area contributed by atoms with E-state index in [1.165, 1.54) is 12.6 Å². The molecule has 0 fully saturated rings. The highest BCUT2D eigenvalue weighted by molar-refractivity contribution is 5.98. The lowest BCUT2D eigenvalue weighted by Crippen LogP contribution is -2.43. The fourth-order valence-electron chi connectivity index (χ4n) is 4.65. The molecule has 3 N–H and O–H groups in total. The Morgan fingerprint density at radius 3 is 2.51 bits per heavy atom. The third-order valence-electron chi connectivity index (χ3n) is 6.42. The van der Waals surface area contributed by atoms with Crippen LogP contribution in [0.15, 0.2) is 67.0 Å². The SMILES string of the molecule is CNc1ccc(F)c(C(=O)NC(Cc2cccc(Cc3cc(CN(C)C)cc4ccncc34)c2)C(=O)O)c1F. The molecular weight excluding hydrogens is 502 g/mol. The molecule has 0 saturated carbocycles. The lowest BCUT2D eigenvalue weighted by Gasteiger charge is -2.17. The monoisotopic (exact) mass is 532 g/mol. The van der Waals surface area contributed by atoms with E-state index in [4.69, 9.17) is 0 Å². The molecule has 1 unspecified atom stereocenters. The number of benzene rings is 3. The molecule has 0 aliphatic carbocycles. The Morgan fingerprint density at radius 1 is 1.03 bits per heavy atom. The first kappa shape index (κ1) is 27.7. The van der Waals surface area contributed by atoms with Gasteiger partial charge >= 0.3 is 5.97 Å². The van der Waals surface area contributed by atoms with Gasteiger partial charge in [0.1, 0.15) is 17.4 Å². The van der Waals surface area contributed by atoms with E-state index in [9.17, 15) is 23.5 Å². The summed E-state index contributed by atoms with van der Waals surface area (Å²) in [4.78, 5) is 31.1. The summed E-state index contributed by atoms with van der Waals surface area (Å²) in [5, 5.41) is 16.7. The molecule has 4 rings (SSSR count). The van der Waals surface area contributed by atoms with Crippen LogP contribution in [0.3, 0.4) is 0 Å². The van der Waals surface area contributed by atoms with Crippen molar-refractivity contribution in [1.82, 2.24) is 15.2 Å². The average Bonchev–Trinajstić information content (AvgIpc) is 2.88. The Hall–Kier alpha value is -4.37. The molecule has 1 amide bonds. The highest BCUT2D eigenvalue weighted by atomic mass is 19.1. The summed E-state index contributed by atoms with van der Waals surface area (Å²) in [7, 11) is 5.46. The van der Waals surface area contributed by atoms with Crippen molar-refractivity contribution in [3.63, 3.8) is 0 Å². The van der Waals surface area contributed by atoms with Crippen molar-refractivity contribution in [3.8, 4) is 0 Å². The van der Waals surface area contributed by atoms with Crippen LogP contribution in [0.1, 0.15) is 32.6 Å². The standard InChI is InChI=1S/C30H30F2N4O3/c1-33-25-8-7-24(31)27(28(25)32)29(37)35-26(30(38)39)15-19-6-4-5-18(11-19)12-22-14-20(17-36(2)3)13-21-9-10-34-16-23(21)22/h4-11,13-14,16,26,33H,12,15,17H2,1-3H3,(H,35,37)(H,38,39). The molecule has 0 radical (unpaired) electrons. The number of hydrogen-bond acceptors (Lipinski definition) is 5. The molecule has 7 nitrogen and oxygen atoms in total. The fourth-order valence-corrected chi connectivity index (χ4v) is 4.65. The molecule has 1 heterocycles. The Kier molecular flexibility index (Phi) is 8.51. The summed E-state index contributed by atoms with van der Waals surface area (Å²) >= 11 is 0. The normalized spacial score (nSPS) is 11.9. The van der Waals surface area contributed by atoms with Gasteiger partial charge in [0.15, 0.2) is 5.82 Å². The molecule has 0 aliphatic heterocycles. The van der Waals surface area contributed by atoms with Crippen molar-refractivity contribution in [1.29, 1.82) is 0 Å². The van der Waals surface area contributed by atoms with Gasteiger partial charge < -0.3 is 20.6 Å². The van der Waals surface area contributed by atoms with Crippen LogP contribution >= 0.6 is 0 Å². The molecule has 202 valence electrons. The number of halogens is 2. The van der Waals surface area contributed by atoms with E-state index >= 15 is 0 Å². The molecule has 1 aromatic heterocycles. The van der Waals surface area contributed by atoms with E-state index in [2.05, 4.69) is 32.7 Å². The Balaban J connectivity index is 1.57. The smallest absolute Gasteiger partial charge is 0.326 e. The number of carboxylic acid groups (broad SMARTS) is 1. The summed E-state index contributed by atoms with van der Waals surface area (Å²) < 4.78 is 28.9. The average molecular weight is 533 g/mol. The van der Waals surface area contributed by atoms with Gasteiger partial charge in [0.05, 0.1) is 5.69 Å². The number of carboxylic acids is 1. The lowest BCUT2D eigenvalue weighted by molar-refractivity contribution is -0.139. The first-order valence-electron chi connectivity index (χ1n) is 12.4. The van der Waals surface area contributed by atoms with Crippen LogP contribution in [0.2, 0.25) is 0 Å². The zero-order valence-electron chi connectivity index (χ0n) is 22.0. The zero-order chi connectivity index (χ0) is 28.1. The number of aromatic nitrogens is 1. The first-order valence-corrected chi connectivity index (χ1v) is 12.4. The Morgan fingerprint density at radius 2 is 1.79 bits per heavy atom. The summed E-state index contributed by atoms with van der Waals surface area (Å²) in [6.45, 7) is 0.781. The second kappa shape index (κ2) is 12.0. The third kappa shape index (κ3) is 6.56. The zero-order valence-corrected chi connectivity index (χ0v) is 22.0. The van der Waals surface area contributed by atoms with Crippen LogP contribution in [0.25, 0.3) is 10.8 Å². The summed E-state index contributed by atoms with van der Waals surface area (Å²) in [5.74, 6) is -4.61. The maximum atomic E-state index is 14.6. The van der Waals surface area contributed by atoms with Crippen LogP contribution in [0.5, 0.6) is 0 Å². The molecular formula is C30H30F2N4O3. The first-order chi connectivity index (χ1) is 18.7. The Bertz CT molecular complexity index is 1520. The van der Waals surface area contributed by atoms with Crippen molar-refractivity contribution in [2.75, 3.05) is 26.5 Å². The number of aliphatic carboxylic acids is 1. The summed E-state index contributed by atoms with van der Waals surface area (Å²) in [5.41, 5.74) is 2.97. The van der Waals surface area contributed by atoms with Crippen molar-refractivity contribution >= 4 is 28.3 Å². The number of hydrogen-bond donors (Lipinski definition) is 3. The van der Waals surface area contributed by atoms with Gasteiger partial charge in [-0.05, 0) is 72.4 Å². The molecule has 0 spiro atoms. The molecule has 4 aromatic rings. The largest absolute Gasteiger partial charge is 0.480 e. The minimum absolute atomic E-state index is 0.0627. The number of rotatable bonds is 10. The quantitative estimate of drug-likeness (QED) is 0.276. The minimum Gasteiger partial charge on any atom is -0.480 e. The number of amides is 1. The highest BCUT2D eigenvalue weighted by Gasteiger charge is 2.26. The van der Waals surface area contributed by atoms with E-state index in [0.29, 0.717) is 12.0 Å². The topological polar surface area (TPSA) is 94.6 Å². The predicted octanol–water partition coefficient (Wildman–Crippen LogP) is 4.63. The molecule has 3 aromatic carbocycles. The van der Waals surface area contributed by atoms with Gasteiger partial charge in [-0.25, -0.2) is 13.6 Å². The van der Waals surface area contributed by atoms with E-state index < -0.39 is 35.1 Å². The van der Waals surface area contributed by atoms with Gasteiger partial charge in [-0.1, -0.05) is 30.3 Å². The van der Waals surface area contributed by atoms with Gasteiger partial charge in [-0.3, -0.25) is 9.78 Å². The molecule has 0 aliphatic rings. The minimum atomic E-state index is -1.39. The second-order valence-electron chi connectivity index (χ2n) is 9.69. The van der Waals surface area contributed by atoms with Crippen molar-refractivity contribution < 1.29 is 23.5 Å². The molecule has 0 saturated heterocycles. The van der Waals surface area contributed by atoms with E-state index in [1.54, 1.807) is 12.3 Å². The van der Waals surface area contributed by atoms with Gasteiger partial charge in [0.2, 0.25) is 0 Å². The summed E-state index contributed by atoms with van der Waals surface area (Å²) in [6.07, 6.45) is 4.13.